The lowest BCUT2D eigenvalue weighted by Crippen LogP contribution is -2.50. The monoisotopic (exact) mass is 406 g/mol. The van der Waals surface area contributed by atoms with Crippen molar-refractivity contribution in [3.8, 4) is 0 Å². The summed E-state index contributed by atoms with van der Waals surface area (Å²) in [6.07, 6.45) is -18.2. The van der Waals surface area contributed by atoms with E-state index in [0.717, 1.165) is 6.92 Å². The summed E-state index contributed by atoms with van der Waals surface area (Å²) in [5.74, 6) is 0. The van der Waals surface area contributed by atoms with E-state index in [2.05, 4.69) is 15.9 Å². The second-order valence-corrected chi connectivity index (χ2v) is 5.10. The van der Waals surface area contributed by atoms with E-state index >= 15 is 0 Å². The van der Waals surface area contributed by atoms with Crippen molar-refractivity contribution in [2.75, 3.05) is 0 Å². The van der Waals surface area contributed by atoms with Crippen LogP contribution in [0.25, 0.3) is 0 Å². The van der Waals surface area contributed by atoms with Gasteiger partial charge < -0.3 is 0 Å². The molecule has 0 aliphatic rings. The van der Waals surface area contributed by atoms with Crippen LogP contribution in [0.5, 0.6) is 0 Å². The Morgan fingerprint density at radius 3 is 1.50 bits per heavy atom. The molecule has 1 aromatic carbocycles. The second-order valence-electron chi connectivity index (χ2n) is 4.31. The lowest BCUT2D eigenvalue weighted by molar-refractivity contribution is -0.348. The molecule has 0 aliphatic heterocycles. The Labute approximate surface area is 125 Å². The molecular formula is C11H5BrF10. The maximum absolute atomic E-state index is 13.8. The molecule has 0 amide bonds. The molecule has 22 heavy (non-hydrogen) atoms. The predicted molar refractivity (Wildman–Crippen MR) is 58.8 cm³/mol. The van der Waals surface area contributed by atoms with Gasteiger partial charge in [-0.15, -0.1) is 0 Å². The third-order valence-electron chi connectivity index (χ3n) is 2.74. The van der Waals surface area contributed by atoms with Gasteiger partial charge in [-0.1, -0.05) is 6.07 Å². The highest BCUT2D eigenvalue weighted by Gasteiger charge is 2.73. The first-order valence-electron chi connectivity index (χ1n) is 5.23. The van der Waals surface area contributed by atoms with Crippen LogP contribution in [0.1, 0.15) is 16.7 Å². The zero-order valence-electron chi connectivity index (χ0n) is 10.3. The average Bonchev–Trinajstić information content (AvgIpc) is 2.26. The van der Waals surface area contributed by atoms with E-state index in [1.165, 1.54) is 0 Å². The minimum atomic E-state index is -6.48. The molecular weight excluding hydrogens is 402 g/mol. The molecule has 0 heterocycles. The van der Waals surface area contributed by atoms with Crippen molar-refractivity contribution in [3.05, 3.63) is 33.3 Å². The second kappa shape index (κ2) is 5.27. The maximum Gasteiger partial charge on any atom is 0.435 e. The Balaban J connectivity index is 3.78. The van der Waals surface area contributed by atoms with Gasteiger partial charge in [0.05, 0.1) is 5.56 Å². The number of rotatable bonds is 1. The number of halogens is 11. The van der Waals surface area contributed by atoms with E-state index in [1.54, 1.807) is 0 Å². The fourth-order valence-corrected chi connectivity index (χ4v) is 2.12. The summed E-state index contributed by atoms with van der Waals surface area (Å²) in [5.41, 5.74) is -10.6. The first-order chi connectivity index (χ1) is 9.53. The zero-order valence-corrected chi connectivity index (χ0v) is 11.9. The third-order valence-corrected chi connectivity index (χ3v) is 3.79. The first kappa shape index (κ1) is 19.0. The van der Waals surface area contributed by atoms with Crippen molar-refractivity contribution in [2.24, 2.45) is 0 Å². The molecule has 0 spiro atoms. The van der Waals surface area contributed by atoms with Crippen LogP contribution in [0.15, 0.2) is 16.6 Å². The number of alkyl halides is 10. The van der Waals surface area contributed by atoms with Crippen molar-refractivity contribution in [3.63, 3.8) is 0 Å². The number of benzene rings is 1. The molecule has 0 nitrogen and oxygen atoms in total. The third kappa shape index (κ3) is 3.04. The summed E-state index contributed by atoms with van der Waals surface area (Å²) in [4.78, 5) is 0. The van der Waals surface area contributed by atoms with Gasteiger partial charge in [-0.05, 0) is 34.5 Å². The lowest BCUT2D eigenvalue weighted by atomic mass is 9.91. The Morgan fingerprint density at radius 1 is 0.773 bits per heavy atom. The fraction of sp³-hybridized carbons (Fsp3) is 0.455. The van der Waals surface area contributed by atoms with E-state index in [4.69, 9.17) is 0 Å². The number of hydrogen-bond donors (Lipinski definition) is 0. The SMILES string of the molecule is Cc1cc(C(F)(C(F)(F)F)C(F)(F)F)cc(C(F)(F)F)c1Br. The Kier molecular flexibility index (Phi) is 4.57. The van der Waals surface area contributed by atoms with Crippen molar-refractivity contribution in [1.29, 1.82) is 0 Å². The van der Waals surface area contributed by atoms with Gasteiger partial charge in [-0.25, -0.2) is 4.39 Å². The fourth-order valence-electron chi connectivity index (χ4n) is 1.66. The summed E-state index contributed by atoms with van der Waals surface area (Å²) >= 11 is 2.41. The normalized spacial score (nSPS) is 14.4. The molecule has 11 heteroatoms. The van der Waals surface area contributed by atoms with E-state index in [-0.39, 0.29) is 6.07 Å². The molecule has 0 aliphatic carbocycles. The van der Waals surface area contributed by atoms with E-state index in [1.807, 2.05) is 0 Å². The van der Waals surface area contributed by atoms with Crippen molar-refractivity contribution in [2.45, 2.75) is 31.1 Å². The topological polar surface area (TPSA) is 0 Å². The van der Waals surface area contributed by atoms with Gasteiger partial charge in [0.15, 0.2) is 0 Å². The first-order valence-corrected chi connectivity index (χ1v) is 6.03. The molecule has 0 unspecified atom stereocenters. The summed E-state index contributed by atoms with van der Waals surface area (Å²) in [5, 5.41) is 0. The molecule has 126 valence electrons. The molecule has 0 aromatic heterocycles. The van der Waals surface area contributed by atoms with Gasteiger partial charge in [0.1, 0.15) is 0 Å². The van der Waals surface area contributed by atoms with Crippen LogP contribution in [-0.4, -0.2) is 12.4 Å². The van der Waals surface area contributed by atoms with Crippen LogP contribution in [0.3, 0.4) is 0 Å². The predicted octanol–water partition coefficient (Wildman–Crippen LogP) is 6.07. The van der Waals surface area contributed by atoms with Crippen molar-refractivity contribution in [1.82, 2.24) is 0 Å². The van der Waals surface area contributed by atoms with Crippen LogP contribution >= 0.6 is 15.9 Å². The smallest absolute Gasteiger partial charge is 0.218 e. The molecule has 1 aromatic rings. The summed E-state index contributed by atoms with van der Waals surface area (Å²) < 4.78 is 126. The highest BCUT2D eigenvalue weighted by molar-refractivity contribution is 9.10. The quantitative estimate of drug-likeness (QED) is 0.497. The number of hydrogen-bond acceptors (Lipinski definition) is 0. The largest absolute Gasteiger partial charge is 0.435 e. The van der Waals surface area contributed by atoms with Crippen LogP contribution in [-0.2, 0) is 11.8 Å². The van der Waals surface area contributed by atoms with Gasteiger partial charge in [0.25, 0.3) is 0 Å². The van der Waals surface area contributed by atoms with E-state index in [9.17, 15) is 43.9 Å². The van der Waals surface area contributed by atoms with Crippen molar-refractivity contribution < 1.29 is 43.9 Å². The van der Waals surface area contributed by atoms with Gasteiger partial charge in [-0.3, -0.25) is 0 Å². The highest BCUT2D eigenvalue weighted by atomic mass is 79.9. The Hall–Kier alpha value is -1.00. The van der Waals surface area contributed by atoms with Crippen LogP contribution < -0.4 is 0 Å². The van der Waals surface area contributed by atoms with Gasteiger partial charge in [0.2, 0.25) is 0 Å². The highest BCUT2D eigenvalue weighted by Crippen LogP contribution is 2.54. The molecule has 0 saturated heterocycles. The molecule has 0 saturated carbocycles. The summed E-state index contributed by atoms with van der Waals surface area (Å²) in [6.45, 7) is 0.815. The van der Waals surface area contributed by atoms with Gasteiger partial charge in [0, 0.05) is 10.0 Å². The van der Waals surface area contributed by atoms with E-state index < -0.39 is 51.4 Å². The lowest BCUT2D eigenvalue weighted by Gasteiger charge is -2.31. The molecule has 0 atom stereocenters. The maximum atomic E-state index is 13.8. The Bertz CT molecular complexity index is 552. The number of aryl methyl sites for hydroxylation is 1. The minimum absolute atomic E-state index is 0.0697. The molecule has 0 N–H and O–H groups in total. The molecule has 1 rings (SSSR count). The van der Waals surface area contributed by atoms with Gasteiger partial charge in [-0.2, -0.15) is 39.5 Å². The van der Waals surface area contributed by atoms with Gasteiger partial charge >= 0.3 is 24.2 Å². The summed E-state index contributed by atoms with van der Waals surface area (Å²) in [6, 6.07) is -0.432. The summed E-state index contributed by atoms with van der Waals surface area (Å²) in [7, 11) is 0. The average molecular weight is 407 g/mol. The Morgan fingerprint density at radius 2 is 1.18 bits per heavy atom. The molecule has 0 bridgehead atoms. The standard InChI is InChI=1S/C11H5BrF10/c1-4-2-5(3-6(7(4)12)9(14,15)16)8(13,10(17,18)19)11(20,21)22/h2-3H,1H3. The molecule has 0 radical (unpaired) electrons. The van der Waals surface area contributed by atoms with Crippen LogP contribution in [0.4, 0.5) is 43.9 Å². The zero-order chi connectivity index (χ0) is 17.7. The minimum Gasteiger partial charge on any atom is -0.218 e. The van der Waals surface area contributed by atoms with Crippen LogP contribution in [0.2, 0.25) is 0 Å². The molecule has 0 fully saturated rings. The van der Waals surface area contributed by atoms with Crippen molar-refractivity contribution >= 4 is 15.9 Å². The van der Waals surface area contributed by atoms with E-state index in [0.29, 0.717) is 0 Å². The van der Waals surface area contributed by atoms with Crippen LogP contribution in [0, 0.1) is 6.92 Å².